The van der Waals surface area contributed by atoms with E-state index in [1.807, 2.05) is 44.9 Å². The highest BCUT2D eigenvalue weighted by Crippen LogP contribution is 2.36. The molecule has 4 atom stereocenters. The van der Waals surface area contributed by atoms with Crippen molar-refractivity contribution in [1.29, 1.82) is 0 Å². The quantitative estimate of drug-likeness (QED) is 0.0500. The Bertz CT molecular complexity index is 2560. The van der Waals surface area contributed by atoms with Gasteiger partial charge in [0, 0.05) is 116 Å². The Hall–Kier alpha value is -5.57. The number of aromatic nitrogens is 1. The van der Waals surface area contributed by atoms with Gasteiger partial charge in [0.2, 0.25) is 11.8 Å². The number of halogens is 2. The molecular weight excluding hydrogens is 1070 g/mol. The molecule has 12 nitrogen and oxygen atoms in total. The molecular formula is C71H113F2N7O5. The summed E-state index contributed by atoms with van der Waals surface area (Å²) >= 11 is 0. The second-order valence-corrected chi connectivity index (χ2v) is 23.2. The molecule has 1 saturated carbocycles. The number of methoxy groups -OCH3 is 1. The second kappa shape index (κ2) is 40.7. The first-order chi connectivity index (χ1) is 40.6. The third-order valence-corrected chi connectivity index (χ3v) is 16.8. The fraction of sp³-hybridized carbons (Fsp3) is 0.620. The van der Waals surface area contributed by atoms with Crippen molar-refractivity contribution >= 4 is 41.3 Å². The van der Waals surface area contributed by atoms with Gasteiger partial charge in [0.25, 0.3) is 0 Å². The Balaban J connectivity index is 0.000000457. The molecule has 3 N–H and O–H groups in total. The van der Waals surface area contributed by atoms with E-state index in [0.29, 0.717) is 31.7 Å². The van der Waals surface area contributed by atoms with E-state index >= 15 is 0 Å². The zero-order valence-electron chi connectivity index (χ0n) is 55.9. The smallest absolute Gasteiger partial charge is 0.224 e. The largest absolute Gasteiger partial charge is 0.385 e. The number of piperidine rings is 1. The summed E-state index contributed by atoms with van der Waals surface area (Å²) in [6, 6.07) is 12.1. The van der Waals surface area contributed by atoms with Gasteiger partial charge >= 0.3 is 0 Å². The van der Waals surface area contributed by atoms with Gasteiger partial charge in [-0.05, 0) is 198 Å². The highest BCUT2D eigenvalue weighted by molar-refractivity contribution is 5.94. The molecule has 0 radical (unpaired) electrons. The van der Waals surface area contributed by atoms with Gasteiger partial charge in [-0.3, -0.25) is 24.3 Å². The van der Waals surface area contributed by atoms with E-state index in [1.54, 1.807) is 27.3 Å². The lowest BCUT2D eigenvalue weighted by atomic mass is 9.87. The molecule has 476 valence electrons. The van der Waals surface area contributed by atoms with Crippen molar-refractivity contribution in [3.05, 3.63) is 117 Å². The SMILES string of the molecule is CC.CCCC(CCC)CN(CCC)C(C)CC.CCc1ccc(C)c(N(C(C)=O)C2CC2)c1.CNC(=O)C(C)CCC=O.COC(C)C1=C(/C=C\Nc2ccnc(C)c2/C=C(\C)C(C)N2CCC(c3c(F)cc(C(C)=O)cc3F)CC2)NCC1. The van der Waals surface area contributed by atoms with Crippen LogP contribution in [0.5, 0.6) is 0 Å². The summed E-state index contributed by atoms with van der Waals surface area (Å²) in [6.07, 6.45) is 23.7. The molecule has 1 aromatic heterocycles. The number of amides is 2. The van der Waals surface area contributed by atoms with E-state index in [2.05, 4.69) is 130 Å². The summed E-state index contributed by atoms with van der Waals surface area (Å²) < 4.78 is 35.0. The first-order valence-corrected chi connectivity index (χ1v) is 32.2. The van der Waals surface area contributed by atoms with Gasteiger partial charge in [0.1, 0.15) is 17.9 Å². The van der Waals surface area contributed by atoms with Crippen LogP contribution >= 0.6 is 0 Å². The summed E-state index contributed by atoms with van der Waals surface area (Å²) in [5.41, 5.74) is 10.3. The van der Waals surface area contributed by atoms with Crippen LogP contribution in [0.3, 0.4) is 0 Å². The Morgan fingerprint density at radius 2 is 1.52 bits per heavy atom. The molecule has 0 spiro atoms. The summed E-state index contributed by atoms with van der Waals surface area (Å²) in [4.78, 5) is 55.5. The topological polar surface area (TPSA) is 136 Å². The second-order valence-electron chi connectivity index (χ2n) is 23.2. The number of carbonyl (C=O) groups is 4. The van der Waals surface area contributed by atoms with Crippen LogP contribution < -0.4 is 20.9 Å². The number of ketones is 1. The van der Waals surface area contributed by atoms with Crippen LogP contribution in [0.25, 0.3) is 6.08 Å². The van der Waals surface area contributed by atoms with Crippen molar-refractivity contribution in [1.82, 2.24) is 25.4 Å². The monoisotopic (exact) mass is 1180 g/mol. The molecule has 85 heavy (non-hydrogen) atoms. The fourth-order valence-electron chi connectivity index (χ4n) is 11.1. The maximum atomic E-state index is 14.8. The molecule has 3 aliphatic rings. The summed E-state index contributed by atoms with van der Waals surface area (Å²) in [7, 11) is 3.33. The number of rotatable bonds is 27. The number of anilines is 2. The van der Waals surface area contributed by atoms with Crippen molar-refractivity contribution in [3.8, 4) is 0 Å². The normalized spacial score (nSPS) is 15.9. The number of nitrogens with one attached hydrogen (secondary N) is 3. The molecule has 1 aliphatic carbocycles. The predicted octanol–water partition coefficient (Wildman–Crippen LogP) is 15.9. The highest BCUT2D eigenvalue weighted by Gasteiger charge is 2.33. The van der Waals surface area contributed by atoms with E-state index in [1.165, 1.54) is 92.9 Å². The standard InChI is InChI=1S/C33H42F2N4O2.C15H33N.C14H19NO.C7H13NO2.C2H6/c1-20(22(3)39-15-10-25(11-16-39)33-29(34)18-26(23(4)40)19-30(33)35)17-28-21(2)36-13-8-32(28)38-14-9-31-27(7-12-37-31)24(5)41-6;1-6-10-15(11-7-2)13-16(12-8-3)14(5)9-4;1-4-12-6-5-10(2)14(9-12)15(11(3)16)13-7-8-13;1-6(4-3-5-9)7(10)8-2;1-2/h8-9,13-14,17-19,22,24-25,37H,7,10-12,15-16H2,1-6H3,(H,36,38);14-15H,6-13H2,1-5H3;5-6,9,13H,4,7-8H2,1-3H3;5-6H,3-4H2,1-2H3,(H,8,10);1-2H3/b14-9-,20-17+;;;;. The van der Waals surface area contributed by atoms with E-state index in [0.717, 1.165) is 91.9 Å². The summed E-state index contributed by atoms with van der Waals surface area (Å²) in [6.45, 7) is 38.0. The molecule has 4 unspecified atom stereocenters. The highest BCUT2D eigenvalue weighted by atomic mass is 19.1. The number of carbonyl (C=O) groups excluding carboxylic acids is 4. The zero-order chi connectivity index (χ0) is 63.8. The Morgan fingerprint density at radius 1 is 0.882 bits per heavy atom. The maximum Gasteiger partial charge on any atom is 0.224 e. The molecule has 2 aromatic carbocycles. The first-order valence-electron chi connectivity index (χ1n) is 32.2. The number of aldehydes is 1. The number of Topliss-reactive ketones (excluding diaryl/α,β-unsaturated/α-hetero) is 1. The Labute approximate surface area is 513 Å². The fourth-order valence-corrected chi connectivity index (χ4v) is 11.1. The number of ether oxygens (including phenoxy) is 1. The van der Waals surface area contributed by atoms with Gasteiger partial charge < -0.3 is 35.3 Å². The van der Waals surface area contributed by atoms with Gasteiger partial charge in [-0.1, -0.05) is 92.0 Å². The average Bonchev–Trinajstić information content (AvgIpc) is 3.50. The molecule has 2 aliphatic heterocycles. The third-order valence-electron chi connectivity index (χ3n) is 16.8. The van der Waals surface area contributed by atoms with E-state index in [4.69, 9.17) is 4.74 Å². The number of hydrogen-bond donors (Lipinski definition) is 3. The number of likely N-dealkylation sites (tertiary alicyclic amines) is 1. The molecule has 2 amide bonds. The van der Waals surface area contributed by atoms with E-state index < -0.39 is 11.6 Å². The van der Waals surface area contributed by atoms with Crippen LogP contribution in [-0.2, 0) is 25.5 Å². The lowest BCUT2D eigenvalue weighted by Crippen LogP contribution is -2.40. The van der Waals surface area contributed by atoms with Crippen LogP contribution in [0.4, 0.5) is 20.2 Å². The van der Waals surface area contributed by atoms with Crippen molar-refractivity contribution < 1.29 is 32.7 Å². The van der Waals surface area contributed by atoms with Crippen molar-refractivity contribution in [2.75, 3.05) is 57.1 Å². The molecule has 2 fully saturated rings. The van der Waals surface area contributed by atoms with Crippen LogP contribution in [-0.4, -0.2) is 110 Å². The van der Waals surface area contributed by atoms with Crippen LogP contribution in [0.1, 0.15) is 225 Å². The van der Waals surface area contributed by atoms with Crippen molar-refractivity contribution in [3.63, 3.8) is 0 Å². The molecule has 1 saturated heterocycles. The predicted molar refractivity (Wildman–Crippen MR) is 352 cm³/mol. The van der Waals surface area contributed by atoms with Gasteiger partial charge in [-0.15, -0.1) is 0 Å². The lowest BCUT2D eigenvalue weighted by Gasteiger charge is -2.37. The summed E-state index contributed by atoms with van der Waals surface area (Å²) in [5, 5.41) is 9.39. The minimum Gasteiger partial charge on any atom is -0.385 e. The third kappa shape index (κ3) is 25.0. The zero-order valence-corrected chi connectivity index (χ0v) is 55.9. The van der Waals surface area contributed by atoms with Crippen LogP contribution in [0.15, 0.2) is 71.7 Å². The Morgan fingerprint density at radius 3 is 2.04 bits per heavy atom. The van der Waals surface area contributed by atoms with Crippen LogP contribution in [0, 0.1) is 37.3 Å². The minimum absolute atomic E-state index is 0.00171. The van der Waals surface area contributed by atoms with Gasteiger partial charge in [0.05, 0.1) is 6.10 Å². The molecule has 3 aromatic rings. The maximum absolute atomic E-state index is 14.8. The van der Waals surface area contributed by atoms with E-state index in [9.17, 15) is 28.0 Å². The molecule has 3 heterocycles. The average molecular weight is 1180 g/mol. The lowest BCUT2D eigenvalue weighted by molar-refractivity contribution is -0.124. The molecule has 14 heteroatoms. The van der Waals surface area contributed by atoms with Gasteiger partial charge in [-0.25, -0.2) is 8.78 Å². The number of pyridine rings is 1. The minimum atomic E-state index is -0.622. The first kappa shape index (κ1) is 75.5. The number of allylic oxidation sites excluding steroid dienone is 1. The van der Waals surface area contributed by atoms with Crippen molar-refractivity contribution in [2.24, 2.45) is 11.8 Å². The Kier molecular flexibility index (Phi) is 36.2. The number of nitrogens with zero attached hydrogens (tertiary/aromatic N) is 4. The molecule has 6 rings (SSSR count). The summed E-state index contributed by atoms with van der Waals surface area (Å²) in [5.74, 6) is -0.741. The molecule has 0 bridgehead atoms. The van der Waals surface area contributed by atoms with Crippen molar-refractivity contribution in [2.45, 2.75) is 231 Å². The van der Waals surface area contributed by atoms with E-state index in [-0.39, 0.29) is 52.7 Å². The van der Waals surface area contributed by atoms with Gasteiger partial charge in [-0.2, -0.15) is 0 Å². The number of benzene rings is 2. The number of aryl methyl sites for hydroxylation is 3. The number of hydrogen-bond acceptors (Lipinski definition) is 10. The van der Waals surface area contributed by atoms with Crippen LogP contribution in [0.2, 0.25) is 0 Å². The van der Waals surface area contributed by atoms with Gasteiger partial charge in [0.15, 0.2) is 5.78 Å².